The van der Waals surface area contributed by atoms with Crippen molar-refractivity contribution >= 4 is 11.8 Å². The van der Waals surface area contributed by atoms with E-state index in [4.69, 9.17) is 9.47 Å². The minimum atomic E-state index is -0.699. The van der Waals surface area contributed by atoms with E-state index < -0.39 is 12.1 Å². The van der Waals surface area contributed by atoms with Gasteiger partial charge in [-0.1, -0.05) is 32.0 Å². The van der Waals surface area contributed by atoms with Crippen LogP contribution in [0.5, 0.6) is 5.75 Å². The number of methoxy groups -OCH3 is 1. The van der Waals surface area contributed by atoms with Crippen LogP contribution >= 0.6 is 0 Å². The third-order valence-corrected chi connectivity index (χ3v) is 5.70. The first-order chi connectivity index (χ1) is 15.8. The summed E-state index contributed by atoms with van der Waals surface area (Å²) in [5.74, 6) is 0.217. The zero-order chi connectivity index (χ0) is 24.0. The maximum absolute atomic E-state index is 14.1. The quantitative estimate of drug-likeness (QED) is 0.582. The van der Waals surface area contributed by atoms with Gasteiger partial charge in [0.15, 0.2) is 6.10 Å². The molecule has 1 N–H and O–H groups in total. The average molecular weight is 457 g/mol. The molecule has 0 saturated heterocycles. The molecule has 3 rings (SSSR count). The lowest BCUT2D eigenvalue weighted by Crippen LogP contribution is -2.41. The smallest absolute Gasteiger partial charge is 0.260 e. The fourth-order valence-electron chi connectivity index (χ4n) is 4.12. The number of hydrogen-bond donors (Lipinski definition) is 1. The number of nitrogens with zero attached hydrogens (tertiary/aromatic N) is 1. The predicted octanol–water partition coefficient (Wildman–Crippen LogP) is 3.88. The molecule has 0 aliphatic carbocycles. The predicted molar refractivity (Wildman–Crippen MR) is 125 cm³/mol. The van der Waals surface area contributed by atoms with Crippen LogP contribution in [0.4, 0.5) is 4.39 Å². The Morgan fingerprint density at radius 1 is 1.18 bits per heavy atom. The van der Waals surface area contributed by atoms with E-state index in [1.165, 1.54) is 12.1 Å². The Morgan fingerprint density at radius 2 is 1.97 bits per heavy atom. The van der Waals surface area contributed by atoms with E-state index >= 15 is 0 Å². The maximum atomic E-state index is 14.1. The Labute approximate surface area is 195 Å². The zero-order valence-corrected chi connectivity index (χ0v) is 19.8. The van der Waals surface area contributed by atoms with Gasteiger partial charge in [0.2, 0.25) is 5.91 Å². The molecule has 7 heteroatoms. The number of carbonyl (C=O) groups excluding carboxylic acids is 2. The molecule has 2 amide bonds. The highest BCUT2D eigenvalue weighted by Crippen LogP contribution is 2.38. The number of benzene rings is 2. The molecule has 0 radical (unpaired) electrons. The molecule has 0 saturated carbocycles. The number of nitrogens with one attached hydrogen (secondary N) is 1. The van der Waals surface area contributed by atoms with Crippen molar-refractivity contribution < 1.29 is 23.5 Å². The van der Waals surface area contributed by atoms with Crippen molar-refractivity contribution in [2.45, 2.75) is 45.8 Å². The number of hydrogen-bond acceptors (Lipinski definition) is 4. The summed E-state index contributed by atoms with van der Waals surface area (Å²) < 4.78 is 25.0. The molecule has 0 spiro atoms. The summed E-state index contributed by atoms with van der Waals surface area (Å²) in [5, 5.41) is 2.76. The highest BCUT2D eigenvalue weighted by molar-refractivity contribution is 5.80. The van der Waals surface area contributed by atoms with Crippen LogP contribution in [0.25, 0.3) is 0 Å². The van der Waals surface area contributed by atoms with Gasteiger partial charge in [0.1, 0.15) is 11.6 Å². The van der Waals surface area contributed by atoms with Crippen molar-refractivity contribution in [3.63, 3.8) is 0 Å². The number of ether oxygens (including phenoxy) is 2. The van der Waals surface area contributed by atoms with Crippen molar-refractivity contribution in [3.8, 4) is 5.75 Å². The summed E-state index contributed by atoms with van der Waals surface area (Å²) in [4.78, 5) is 27.2. The fraction of sp³-hybridized carbons (Fsp3) is 0.462. The van der Waals surface area contributed by atoms with Gasteiger partial charge in [-0.3, -0.25) is 9.59 Å². The number of carbonyl (C=O) groups is 2. The third kappa shape index (κ3) is 6.32. The van der Waals surface area contributed by atoms with Gasteiger partial charge in [-0.25, -0.2) is 4.39 Å². The molecule has 1 heterocycles. The Morgan fingerprint density at radius 3 is 2.67 bits per heavy atom. The zero-order valence-electron chi connectivity index (χ0n) is 19.8. The number of halogens is 1. The lowest BCUT2D eigenvalue weighted by molar-refractivity contribution is -0.134. The van der Waals surface area contributed by atoms with Crippen LogP contribution in [-0.4, -0.2) is 49.6 Å². The van der Waals surface area contributed by atoms with Crippen LogP contribution in [0.3, 0.4) is 0 Å². The van der Waals surface area contributed by atoms with Gasteiger partial charge in [0, 0.05) is 26.6 Å². The van der Waals surface area contributed by atoms with E-state index in [0.717, 1.165) is 16.7 Å². The topological polar surface area (TPSA) is 67.9 Å². The van der Waals surface area contributed by atoms with Crippen molar-refractivity contribution in [3.05, 3.63) is 65.0 Å². The van der Waals surface area contributed by atoms with Gasteiger partial charge in [0.05, 0.1) is 12.6 Å². The average Bonchev–Trinajstić information content (AvgIpc) is 2.77. The lowest BCUT2D eigenvalue weighted by atomic mass is 9.87. The number of fused-ring (bicyclic) bond motifs is 1. The van der Waals surface area contributed by atoms with Crippen molar-refractivity contribution in [2.75, 3.05) is 26.8 Å². The van der Waals surface area contributed by atoms with Crippen LogP contribution in [0.2, 0.25) is 0 Å². The monoisotopic (exact) mass is 456 g/mol. The van der Waals surface area contributed by atoms with Crippen LogP contribution < -0.4 is 10.1 Å². The highest BCUT2D eigenvalue weighted by Gasteiger charge is 2.33. The SMILES string of the molecule is COCCNC(=O)[C@@H](C)Oc1ccc2c(c1)[C@H](c1cccc(F)c1)N(C(=O)CC(C)C)CC2. The van der Waals surface area contributed by atoms with Crippen molar-refractivity contribution in [1.29, 1.82) is 0 Å². The molecular weight excluding hydrogens is 423 g/mol. The molecular formula is C26H33FN2O4. The molecule has 1 aliphatic rings. The summed E-state index contributed by atoms with van der Waals surface area (Å²) in [6, 6.07) is 11.7. The summed E-state index contributed by atoms with van der Waals surface area (Å²) in [6.07, 6.45) is 0.434. The normalized spacial score (nSPS) is 16.3. The third-order valence-electron chi connectivity index (χ3n) is 5.70. The van der Waals surface area contributed by atoms with Crippen LogP contribution in [-0.2, 0) is 20.7 Å². The van der Waals surface area contributed by atoms with Crippen LogP contribution in [0.1, 0.15) is 49.9 Å². The van der Waals surface area contributed by atoms with E-state index in [1.807, 2.05) is 43.0 Å². The van der Waals surface area contributed by atoms with Crippen LogP contribution in [0, 0.1) is 11.7 Å². The first-order valence-electron chi connectivity index (χ1n) is 11.4. The van der Waals surface area contributed by atoms with Gasteiger partial charge < -0.3 is 19.7 Å². The van der Waals surface area contributed by atoms with Crippen molar-refractivity contribution in [1.82, 2.24) is 10.2 Å². The van der Waals surface area contributed by atoms with Gasteiger partial charge >= 0.3 is 0 Å². The van der Waals surface area contributed by atoms with Crippen LogP contribution in [0.15, 0.2) is 42.5 Å². The van der Waals surface area contributed by atoms with E-state index in [9.17, 15) is 14.0 Å². The summed E-state index contributed by atoms with van der Waals surface area (Å²) >= 11 is 0. The first kappa shape index (κ1) is 24.7. The van der Waals surface area contributed by atoms with Gasteiger partial charge in [-0.15, -0.1) is 0 Å². The Balaban J connectivity index is 1.91. The first-order valence-corrected chi connectivity index (χ1v) is 11.4. The molecule has 178 valence electrons. The Kier molecular flexibility index (Phi) is 8.44. The maximum Gasteiger partial charge on any atom is 0.260 e. The van der Waals surface area contributed by atoms with E-state index in [2.05, 4.69) is 5.32 Å². The second kappa shape index (κ2) is 11.3. The molecule has 0 unspecified atom stereocenters. The molecule has 0 fully saturated rings. The molecule has 0 bridgehead atoms. The summed E-state index contributed by atoms with van der Waals surface area (Å²) in [7, 11) is 1.57. The van der Waals surface area contributed by atoms with Gasteiger partial charge in [0.25, 0.3) is 5.91 Å². The Bertz CT molecular complexity index is 979. The molecule has 1 aliphatic heterocycles. The number of rotatable bonds is 9. The highest BCUT2D eigenvalue weighted by atomic mass is 19.1. The summed E-state index contributed by atoms with van der Waals surface area (Å²) in [6.45, 7) is 7.10. The Hall–Kier alpha value is -2.93. The second-order valence-electron chi connectivity index (χ2n) is 8.80. The van der Waals surface area contributed by atoms with Crippen molar-refractivity contribution in [2.24, 2.45) is 5.92 Å². The standard InChI is InChI=1S/C26H33FN2O4/c1-17(2)14-24(30)29-12-10-19-8-9-22(33-18(3)26(31)28-11-13-32-4)16-23(19)25(29)20-6-5-7-21(27)15-20/h5-9,15-18,25H,10-14H2,1-4H3,(H,28,31)/t18-,25+/m1/s1. The fourth-order valence-corrected chi connectivity index (χ4v) is 4.12. The minimum absolute atomic E-state index is 0.0436. The van der Waals surface area contributed by atoms with E-state index in [1.54, 1.807) is 20.1 Å². The van der Waals surface area contributed by atoms with E-state index in [0.29, 0.717) is 38.3 Å². The molecule has 2 aromatic rings. The number of amides is 2. The molecule has 0 aromatic heterocycles. The van der Waals surface area contributed by atoms with E-state index in [-0.39, 0.29) is 23.5 Å². The minimum Gasteiger partial charge on any atom is -0.481 e. The largest absolute Gasteiger partial charge is 0.481 e. The van der Waals surface area contributed by atoms with Gasteiger partial charge in [-0.2, -0.15) is 0 Å². The lowest BCUT2D eigenvalue weighted by Gasteiger charge is -2.38. The second-order valence-corrected chi connectivity index (χ2v) is 8.80. The summed E-state index contributed by atoms with van der Waals surface area (Å²) in [5.41, 5.74) is 2.70. The molecule has 33 heavy (non-hydrogen) atoms. The molecule has 2 aromatic carbocycles. The molecule has 6 nitrogen and oxygen atoms in total. The molecule has 2 atom stereocenters. The van der Waals surface area contributed by atoms with Gasteiger partial charge in [-0.05, 0) is 60.2 Å².